The average Bonchev–Trinajstić information content (AvgIpc) is 3.41. The van der Waals surface area contributed by atoms with Crippen LogP contribution in [0.15, 0.2) is 14.8 Å². The number of fused-ring (bicyclic) bond motifs is 2. The van der Waals surface area contributed by atoms with Crippen LogP contribution in [0.2, 0.25) is 0 Å². The Morgan fingerprint density at radius 3 is 2.87 bits per heavy atom. The fourth-order valence-electron chi connectivity index (χ4n) is 4.04. The number of nitrogens with one attached hydrogen (secondary N) is 1. The van der Waals surface area contributed by atoms with E-state index in [0.717, 1.165) is 71.6 Å². The monoisotopic (exact) mass is 449 g/mol. The predicted octanol–water partition coefficient (Wildman–Crippen LogP) is 3.19. The number of nitrogens with zero attached hydrogens (tertiary/aromatic N) is 3. The molecule has 30 heavy (non-hydrogen) atoms. The van der Waals surface area contributed by atoms with E-state index >= 15 is 0 Å². The normalized spacial score (nSPS) is 19.9. The van der Waals surface area contributed by atoms with Crippen molar-refractivity contribution in [3.8, 4) is 0 Å². The summed E-state index contributed by atoms with van der Waals surface area (Å²) in [5.41, 5.74) is 3.44. The van der Waals surface area contributed by atoms with Crippen LogP contribution in [0.3, 0.4) is 0 Å². The Morgan fingerprint density at radius 1 is 1.37 bits per heavy atom. The van der Waals surface area contributed by atoms with Crippen molar-refractivity contribution in [1.82, 2.24) is 9.97 Å². The largest absolute Gasteiger partial charge is 0.439 e. The van der Waals surface area contributed by atoms with Gasteiger partial charge in [-0.15, -0.1) is 21.9 Å². The Bertz CT molecular complexity index is 1100. The van der Waals surface area contributed by atoms with Crippen LogP contribution in [-0.2, 0) is 45.1 Å². The molecule has 0 bridgehead atoms. The summed E-state index contributed by atoms with van der Waals surface area (Å²) in [4.78, 5) is 21.5. The van der Waals surface area contributed by atoms with Gasteiger partial charge in [0.05, 0.1) is 18.0 Å². The lowest BCUT2D eigenvalue weighted by Gasteiger charge is -2.20. The zero-order chi connectivity index (χ0) is 21.7. The number of urea groups is 1. The molecule has 0 aliphatic heterocycles. The zero-order valence-electron chi connectivity index (χ0n) is 17.2. The highest BCUT2D eigenvalue weighted by Gasteiger charge is 2.36. The number of aliphatic hydroxyl groups is 2. The molecule has 2 aromatic heterocycles. The second kappa shape index (κ2) is 7.67. The SMILES string of the molecule is CC1(C)CCc2c1nc1c(c2NC(=O)N=[S-](=O)c2cnc(C(C)(O)CO)s2)CCC1. The molecular formula is C20H25N4O4S2-. The molecular weight excluding hydrogens is 424 g/mol. The van der Waals surface area contributed by atoms with Crippen LogP contribution in [0.4, 0.5) is 10.5 Å². The van der Waals surface area contributed by atoms with Gasteiger partial charge >= 0.3 is 6.03 Å². The molecule has 2 aliphatic carbocycles. The molecule has 0 radical (unpaired) electrons. The van der Waals surface area contributed by atoms with E-state index in [2.05, 4.69) is 28.5 Å². The van der Waals surface area contributed by atoms with Gasteiger partial charge in [-0.05, 0) is 54.4 Å². The van der Waals surface area contributed by atoms with Crippen molar-refractivity contribution in [2.75, 3.05) is 11.9 Å². The minimum absolute atomic E-state index is 0.0327. The first-order valence-electron chi connectivity index (χ1n) is 9.91. The number of thiazole rings is 1. The number of carbonyl (C=O) groups excluding carboxylic acids is 1. The van der Waals surface area contributed by atoms with Gasteiger partial charge in [-0.3, -0.25) is 4.98 Å². The van der Waals surface area contributed by atoms with Crippen LogP contribution in [0.5, 0.6) is 0 Å². The Balaban J connectivity index is 1.62. The zero-order valence-corrected chi connectivity index (χ0v) is 18.8. The predicted molar refractivity (Wildman–Crippen MR) is 114 cm³/mol. The van der Waals surface area contributed by atoms with Gasteiger partial charge in [0, 0.05) is 17.3 Å². The first-order valence-corrected chi connectivity index (χ1v) is 11.8. The van der Waals surface area contributed by atoms with Gasteiger partial charge in [0.15, 0.2) is 0 Å². The molecule has 2 amide bonds. The Labute approximate surface area is 181 Å². The number of pyridine rings is 1. The maximum absolute atomic E-state index is 12.6. The third-order valence-corrected chi connectivity index (χ3v) is 8.29. The van der Waals surface area contributed by atoms with Gasteiger partial charge in [0.25, 0.3) is 0 Å². The highest BCUT2D eigenvalue weighted by atomic mass is 32.2. The first kappa shape index (κ1) is 21.4. The number of aliphatic hydroxyl groups excluding tert-OH is 1. The second-order valence-electron chi connectivity index (χ2n) is 8.66. The fourth-order valence-corrected chi connectivity index (χ4v) is 5.79. The smallest absolute Gasteiger partial charge is 0.322 e. The van der Waals surface area contributed by atoms with Crippen molar-refractivity contribution in [1.29, 1.82) is 0 Å². The summed E-state index contributed by atoms with van der Waals surface area (Å²) in [6, 6.07) is -0.676. The van der Waals surface area contributed by atoms with Crippen LogP contribution < -0.4 is 5.32 Å². The van der Waals surface area contributed by atoms with Crippen molar-refractivity contribution in [3.63, 3.8) is 0 Å². The number of aryl methyl sites for hydroxylation is 1. The van der Waals surface area contributed by atoms with Crippen LogP contribution in [-0.4, -0.2) is 32.8 Å². The van der Waals surface area contributed by atoms with Crippen molar-refractivity contribution in [2.24, 2.45) is 4.36 Å². The topological polar surface area (TPSA) is 125 Å². The third kappa shape index (κ3) is 3.77. The van der Waals surface area contributed by atoms with Crippen LogP contribution in [0.25, 0.3) is 0 Å². The van der Waals surface area contributed by atoms with E-state index in [9.17, 15) is 19.2 Å². The summed E-state index contributed by atoms with van der Waals surface area (Å²) < 4.78 is 16.6. The van der Waals surface area contributed by atoms with Crippen LogP contribution in [0, 0.1) is 0 Å². The lowest BCUT2D eigenvalue weighted by atomic mass is 9.90. The Hall–Kier alpha value is -1.88. The summed E-state index contributed by atoms with van der Waals surface area (Å²) in [6.07, 6.45) is 5.89. The highest BCUT2D eigenvalue weighted by molar-refractivity contribution is 7.78. The molecule has 0 fully saturated rings. The number of hydrogen-bond acceptors (Lipinski definition) is 8. The molecule has 162 valence electrons. The number of anilines is 1. The summed E-state index contributed by atoms with van der Waals surface area (Å²) in [5.74, 6) is 0. The quantitative estimate of drug-likeness (QED) is 0.616. The first-order chi connectivity index (χ1) is 14.1. The molecule has 0 aromatic carbocycles. The van der Waals surface area contributed by atoms with Gasteiger partial charge in [0.1, 0.15) is 10.6 Å². The molecule has 1 unspecified atom stereocenters. The maximum atomic E-state index is 12.6. The Morgan fingerprint density at radius 2 is 2.13 bits per heavy atom. The molecule has 0 saturated heterocycles. The maximum Gasteiger partial charge on any atom is 0.322 e. The lowest BCUT2D eigenvalue weighted by molar-refractivity contribution is -0.00244. The van der Waals surface area contributed by atoms with Gasteiger partial charge in [-0.2, -0.15) is 0 Å². The van der Waals surface area contributed by atoms with E-state index in [1.807, 2.05) is 0 Å². The van der Waals surface area contributed by atoms with E-state index in [-0.39, 0.29) is 14.6 Å². The molecule has 2 aromatic rings. The number of amides is 2. The highest BCUT2D eigenvalue weighted by Crippen LogP contribution is 2.44. The molecule has 0 saturated carbocycles. The standard InChI is InChI=1S/C20H25N4O4S2/c1-19(2)8-7-12-15(11-5-4-6-13(11)22-16(12)19)23-18(26)24-30(28)14-9-21-17(29-14)20(3,27)10-25/h9,25,27H,4-8,10H2,1-3H3,(H,22,23,26)/q-1. The van der Waals surface area contributed by atoms with Gasteiger partial charge < -0.3 is 24.1 Å². The second-order valence-corrected chi connectivity index (χ2v) is 11.1. The fraction of sp³-hybridized carbons (Fsp3) is 0.550. The van der Waals surface area contributed by atoms with E-state index in [4.69, 9.17) is 4.98 Å². The molecule has 2 heterocycles. The summed E-state index contributed by atoms with van der Waals surface area (Å²) in [7, 11) is -1.95. The van der Waals surface area contributed by atoms with Crippen molar-refractivity contribution >= 4 is 33.7 Å². The minimum atomic E-state index is -1.95. The average molecular weight is 450 g/mol. The van der Waals surface area contributed by atoms with E-state index in [1.54, 1.807) is 0 Å². The van der Waals surface area contributed by atoms with Gasteiger partial charge in [-0.25, -0.2) is 9.78 Å². The molecule has 1 atom stereocenters. The summed E-state index contributed by atoms with van der Waals surface area (Å²) in [5, 5.41) is 22.4. The molecule has 3 N–H and O–H groups in total. The van der Waals surface area contributed by atoms with Crippen molar-refractivity contribution < 1.29 is 19.2 Å². The lowest BCUT2D eigenvalue weighted by Crippen LogP contribution is -2.25. The van der Waals surface area contributed by atoms with Gasteiger partial charge in [0.2, 0.25) is 0 Å². The van der Waals surface area contributed by atoms with E-state index in [0.29, 0.717) is 0 Å². The molecule has 2 aliphatic rings. The molecule has 8 nitrogen and oxygen atoms in total. The molecule has 10 heteroatoms. The number of hydrogen-bond donors (Lipinski definition) is 3. The third-order valence-electron chi connectivity index (χ3n) is 5.79. The number of aromatic nitrogens is 2. The van der Waals surface area contributed by atoms with E-state index < -0.39 is 28.8 Å². The van der Waals surface area contributed by atoms with Crippen molar-refractivity contribution in [3.05, 3.63) is 33.7 Å². The van der Waals surface area contributed by atoms with Crippen LogP contribution >= 0.6 is 11.3 Å². The number of carbonyl (C=O) groups is 1. The summed E-state index contributed by atoms with van der Waals surface area (Å²) >= 11 is 0.956. The van der Waals surface area contributed by atoms with Crippen molar-refractivity contribution in [2.45, 2.75) is 68.1 Å². The van der Waals surface area contributed by atoms with Gasteiger partial charge in [-0.1, -0.05) is 13.8 Å². The van der Waals surface area contributed by atoms with Crippen LogP contribution in [0.1, 0.15) is 61.1 Å². The molecule has 4 rings (SSSR count). The van der Waals surface area contributed by atoms with E-state index in [1.165, 1.54) is 13.1 Å². The molecule has 0 spiro atoms. The minimum Gasteiger partial charge on any atom is -0.439 e. The number of rotatable bonds is 4. The summed E-state index contributed by atoms with van der Waals surface area (Å²) in [6.45, 7) is 5.23. The Kier molecular flexibility index (Phi) is 5.46.